The summed E-state index contributed by atoms with van der Waals surface area (Å²) in [5.41, 5.74) is 12.8. The van der Waals surface area contributed by atoms with Crippen molar-refractivity contribution in [1.29, 1.82) is 0 Å². The van der Waals surface area contributed by atoms with Gasteiger partial charge in [-0.2, -0.15) is 0 Å². The van der Waals surface area contributed by atoms with Crippen LogP contribution in [0, 0.1) is 0 Å². The number of allylic oxidation sites excluding steroid dienone is 1. The SMILES string of the molecule is CN1C2=C(N=C(N3c4cc5ccccc5cc4C4=Cc5ccccc5CC43)C1c1ccccc1)c1ccccc1C2(C)C. The first-order valence-corrected chi connectivity index (χ1v) is 15.3. The van der Waals surface area contributed by atoms with E-state index in [1.807, 2.05) is 0 Å². The summed E-state index contributed by atoms with van der Waals surface area (Å²) in [6, 6.07) is 42.4. The molecule has 0 aromatic heterocycles. The lowest BCUT2D eigenvalue weighted by Crippen LogP contribution is -2.49. The minimum Gasteiger partial charge on any atom is -0.361 e. The van der Waals surface area contributed by atoms with E-state index in [2.05, 4.69) is 152 Å². The van der Waals surface area contributed by atoms with Crippen molar-refractivity contribution in [2.24, 2.45) is 4.99 Å². The molecule has 0 spiro atoms. The summed E-state index contributed by atoms with van der Waals surface area (Å²) < 4.78 is 0. The Bertz CT molecular complexity index is 2060. The standard InChI is InChI=1S/C40H33N3/c1-40(2)33-20-12-11-19-30(33)36-38(40)42(3)37(25-13-5-4-6-14-25)39(41-36)43-34-23-28-17-9-7-15-26(28)21-31(34)32-22-27-16-8-10-18-29(27)24-35(32)43/h4-23,35,37H,24H2,1-3H3. The van der Waals surface area contributed by atoms with Gasteiger partial charge in [0, 0.05) is 23.6 Å². The molecule has 5 aromatic carbocycles. The smallest absolute Gasteiger partial charge is 0.137 e. The summed E-state index contributed by atoms with van der Waals surface area (Å²) in [4.78, 5) is 10.9. The predicted octanol–water partition coefficient (Wildman–Crippen LogP) is 8.87. The Labute approximate surface area is 253 Å². The van der Waals surface area contributed by atoms with Gasteiger partial charge in [-0.05, 0) is 63.2 Å². The Morgan fingerprint density at radius 1 is 0.744 bits per heavy atom. The molecule has 5 aromatic rings. The van der Waals surface area contributed by atoms with Crippen molar-refractivity contribution in [3.63, 3.8) is 0 Å². The van der Waals surface area contributed by atoms with Gasteiger partial charge in [0.2, 0.25) is 0 Å². The van der Waals surface area contributed by atoms with E-state index < -0.39 is 0 Å². The second-order valence-electron chi connectivity index (χ2n) is 12.9. The lowest BCUT2D eigenvalue weighted by Gasteiger charge is -2.44. The number of amidine groups is 1. The van der Waals surface area contributed by atoms with Crippen LogP contribution < -0.4 is 4.90 Å². The lowest BCUT2D eigenvalue weighted by atomic mass is 9.83. The van der Waals surface area contributed by atoms with E-state index in [4.69, 9.17) is 4.99 Å². The van der Waals surface area contributed by atoms with Crippen molar-refractivity contribution in [3.05, 3.63) is 154 Å². The number of benzene rings is 5. The van der Waals surface area contributed by atoms with Gasteiger partial charge in [0.05, 0.1) is 23.1 Å². The Morgan fingerprint density at radius 3 is 2.28 bits per heavy atom. The molecule has 3 heteroatoms. The highest BCUT2D eigenvalue weighted by atomic mass is 15.3. The number of rotatable bonds is 1. The maximum Gasteiger partial charge on any atom is 0.137 e. The Kier molecular flexibility index (Phi) is 5.06. The third-order valence-electron chi connectivity index (χ3n) is 10.1. The van der Waals surface area contributed by atoms with Crippen LogP contribution in [-0.4, -0.2) is 23.8 Å². The van der Waals surface area contributed by atoms with Crippen molar-refractivity contribution in [3.8, 4) is 0 Å². The molecule has 208 valence electrons. The molecule has 2 aliphatic carbocycles. The molecule has 2 heterocycles. The van der Waals surface area contributed by atoms with Gasteiger partial charge in [-0.3, -0.25) is 0 Å². The Hall–Kier alpha value is -4.89. The van der Waals surface area contributed by atoms with Gasteiger partial charge >= 0.3 is 0 Å². The fourth-order valence-corrected chi connectivity index (χ4v) is 8.22. The van der Waals surface area contributed by atoms with Gasteiger partial charge < -0.3 is 9.80 Å². The largest absolute Gasteiger partial charge is 0.361 e. The first-order valence-electron chi connectivity index (χ1n) is 15.3. The van der Waals surface area contributed by atoms with E-state index in [1.54, 1.807) is 0 Å². The monoisotopic (exact) mass is 555 g/mol. The molecule has 0 saturated carbocycles. The van der Waals surface area contributed by atoms with E-state index in [0.29, 0.717) is 0 Å². The fraction of sp³-hybridized carbons (Fsp3) is 0.175. The maximum absolute atomic E-state index is 5.75. The number of aliphatic imine (C=N–C) groups is 1. The minimum atomic E-state index is -0.142. The first kappa shape index (κ1) is 24.7. The van der Waals surface area contributed by atoms with E-state index in [0.717, 1.165) is 18.0 Å². The van der Waals surface area contributed by atoms with Gasteiger partial charge in [-0.1, -0.05) is 117 Å². The molecule has 4 aliphatic rings. The number of nitrogens with zero attached hydrogens (tertiary/aromatic N) is 3. The highest BCUT2D eigenvalue weighted by Gasteiger charge is 2.49. The van der Waals surface area contributed by atoms with E-state index in [1.165, 1.54) is 61.1 Å². The number of hydrogen-bond acceptors (Lipinski definition) is 3. The Morgan fingerprint density at radius 2 is 1.44 bits per heavy atom. The van der Waals surface area contributed by atoms with E-state index in [9.17, 15) is 0 Å². The van der Waals surface area contributed by atoms with Gasteiger partial charge in [0.1, 0.15) is 11.9 Å². The molecule has 43 heavy (non-hydrogen) atoms. The van der Waals surface area contributed by atoms with E-state index in [-0.39, 0.29) is 17.5 Å². The van der Waals surface area contributed by atoms with Crippen LogP contribution >= 0.6 is 0 Å². The van der Waals surface area contributed by atoms with Crippen molar-refractivity contribution in [2.75, 3.05) is 11.9 Å². The summed E-state index contributed by atoms with van der Waals surface area (Å²) in [5, 5.41) is 2.54. The van der Waals surface area contributed by atoms with Crippen LogP contribution in [0.1, 0.15) is 53.3 Å². The van der Waals surface area contributed by atoms with Gasteiger partial charge in [-0.25, -0.2) is 4.99 Å². The first-order chi connectivity index (χ1) is 21.0. The van der Waals surface area contributed by atoms with Crippen LogP contribution in [0.4, 0.5) is 5.69 Å². The van der Waals surface area contributed by atoms with Crippen LogP contribution in [0.3, 0.4) is 0 Å². The van der Waals surface area contributed by atoms with Crippen LogP contribution in [0.25, 0.3) is 28.1 Å². The molecule has 3 nitrogen and oxygen atoms in total. The zero-order valence-corrected chi connectivity index (χ0v) is 24.8. The summed E-state index contributed by atoms with van der Waals surface area (Å²) in [5.74, 6) is 1.10. The molecule has 0 bridgehead atoms. The number of fused-ring (bicyclic) bond motifs is 7. The van der Waals surface area contributed by atoms with Crippen molar-refractivity contribution in [1.82, 2.24) is 4.90 Å². The minimum absolute atomic E-state index is 0.0237. The quantitative estimate of drug-likeness (QED) is 0.206. The summed E-state index contributed by atoms with van der Waals surface area (Å²) in [6.07, 6.45) is 3.38. The van der Waals surface area contributed by atoms with Crippen molar-refractivity contribution in [2.45, 2.75) is 37.8 Å². The molecule has 0 N–H and O–H groups in total. The molecule has 0 fully saturated rings. The second kappa shape index (κ2) is 8.81. The summed E-state index contributed by atoms with van der Waals surface area (Å²) in [7, 11) is 2.28. The zero-order valence-electron chi connectivity index (χ0n) is 24.8. The highest BCUT2D eigenvalue weighted by molar-refractivity contribution is 6.16. The fourth-order valence-electron chi connectivity index (χ4n) is 8.22. The molecular formula is C40H33N3. The van der Waals surface area contributed by atoms with Crippen LogP contribution in [0.5, 0.6) is 0 Å². The number of hydrogen-bond donors (Lipinski definition) is 0. The van der Waals surface area contributed by atoms with Crippen LogP contribution in [0.15, 0.2) is 126 Å². The van der Waals surface area contributed by atoms with Gasteiger partial charge in [0.25, 0.3) is 0 Å². The van der Waals surface area contributed by atoms with Gasteiger partial charge in [0.15, 0.2) is 0 Å². The molecular weight excluding hydrogens is 522 g/mol. The average molecular weight is 556 g/mol. The highest BCUT2D eigenvalue weighted by Crippen LogP contribution is 2.54. The molecule has 0 amide bonds. The van der Waals surface area contributed by atoms with Crippen molar-refractivity contribution >= 4 is 39.6 Å². The van der Waals surface area contributed by atoms with Crippen LogP contribution in [-0.2, 0) is 11.8 Å². The lowest BCUT2D eigenvalue weighted by molar-refractivity contribution is 0.319. The van der Waals surface area contributed by atoms with Gasteiger partial charge in [-0.15, -0.1) is 0 Å². The molecule has 9 rings (SSSR count). The maximum atomic E-state index is 5.75. The number of likely N-dealkylation sites (N-methyl/N-ethyl adjacent to an activating group) is 1. The molecule has 0 saturated heterocycles. The normalized spacial score (nSPS) is 21.1. The third-order valence-corrected chi connectivity index (χ3v) is 10.1. The molecule has 0 radical (unpaired) electrons. The number of anilines is 1. The van der Waals surface area contributed by atoms with Crippen molar-refractivity contribution < 1.29 is 0 Å². The average Bonchev–Trinajstić information content (AvgIpc) is 3.46. The zero-order chi connectivity index (χ0) is 28.9. The summed E-state index contributed by atoms with van der Waals surface area (Å²) in [6.45, 7) is 4.70. The van der Waals surface area contributed by atoms with Crippen LogP contribution in [0.2, 0.25) is 0 Å². The molecule has 2 aliphatic heterocycles. The van der Waals surface area contributed by atoms with E-state index >= 15 is 0 Å². The predicted molar refractivity (Wildman–Crippen MR) is 179 cm³/mol. The molecule has 2 atom stereocenters. The second-order valence-corrected chi connectivity index (χ2v) is 12.9. The Balaban J connectivity index is 1.33. The summed E-state index contributed by atoms with van der Waals surface area (Å²) >= 11 is 0. The third kappa shape index (κ3) is 3.39. The topological polar surface area (TPSA) is 18.8 Å². The molecule has 2 unspecified atom stereocenters.